The van der Waals surface area contributed by atoms with E-state index in [1.54, 1.807) is 6.07 Å². The van der Waals surface area contributed by atoms with Crippen molar-refractivity contribution in [2.75, 3.05) is 0 Å². The number of aromatic hydroxyl groups is 1. The molecule has 0 aliphatic rings. The number of para-hydroxylation sites is 1. The van der Waals surface area contributed by atoms with Crippen molar-refractivity contribution < 1.29 is 41.3 Å². The van der Waals surface area contributed by atoms with Crippen LogP contribution in [0.25, 0.3) is 0 Å². The van der Waals surface area contributed by atoms with Crippen LogP contribution in [0, 0.1) is 0 Å². The number of rotatable bonds is 7. The normalized spacial score (nSPS) is 13.1. The number of carboxylic acid groups (broad SMARTS) is 1. The SMILES string of the molecule is O=C(O)C(Cc1ccccc1O)NS(=O)(=O)c1ccc(OC(F)(F)F)cc1. The van der Waals surface area contributed by atoms with Gasteiger partial charge in [0.25, 0.3) is 0 Å². The molecule has 2 rings (SSSR count). The van der Waals surface area contributed by atoms with Crippen LogP contribution >= 0.6 is 0 Å². The van der Waals surface area contributed by atoms with Gasteiger partial charge in [0.2, 0.25) is 10.0 Å². The lowest BCUT2D eigenvalue weighted by molar-refractivity contribution is -0.274. The standard InChI is InChI=1S/C16H14F3NO6S/c17-16(18,19)26-11-5-7-12(8-6-11)27(24,25)20-13(15(22)23)9-10-3-1-2-4-14(10)21/h1-8,13,20-21H,9H2,(H,22,23). The number of sulfonamides is 1. The lowest BCUT2D eigenvalue weighted by Gasteiger charge is -2.16. The van der Waals surface area contributed by atoms with Gasteiger partial charge in [-0.2, -0.15) is 4.72 Å². The number of ether oxygens (including phenoxy) is 1. The van der Waals surface area contributed by atoms with Gasteiger partial charge in [-0.05, 0) is 35.9 Å². The molecule has 0 spiro atoms. The fourth-order valence-electron chi connectivity index (χ4n) is 2.16. The molecule has 0 bridgehead atoms. The van der Waals surface area contributed by atoms with E-state index in [0.29, 0.717) is 0 Å². The highest BCUT2D eigenvalue weighted by Crippen LogP contribution is 2.24. The first-order valence-electron chi connectivity index (χ1n) is 7.36. The van der Waals surface area contributed by atoms with Gasteiger partial charge in [-0.15, -0.1) is 13.2 Å². The van der Waals surface area contributed by atoms with Crippen molar-refractivity contribution in [1.82, 2.24) is 4.72 Å². The molecule has 2 aromatic rings. The van der Waals surface area contributed by atoms with Gasteiger partial charge in [0.1, 0.15) is 17.5 Å². The highest BCUT2D eigenvalue weighted by atomic mass is 32.2. The lowest BCUT2D eigenvalue weighted by atomic mass is 10.1. The predicted molar refractivity (Wildman–Crippen MR) is 86.7 cm³/mol. The third-order valence-corrected chi connectivity index (χ3v) is 4.87. The quantitative estimate of drug-likeness (QED) is 0.651. The summed E-state index contributed by atoms with van der Waals surface area (Å²) in [6.45, 7) is 0. The second-order valence-corrected chi connectivity index (χ2v) is 7.08. The Morgan fingerprint density at radius 3 is 2.22 bits per heavy atom. The molecule has 0 heterocycles. The number of hydrogen-bond acceptors (Lipinski definition) is 5. The number of hydrogen-bond donors (Lipinski definition) is 3. The first-order valence-corrected chi connectivity index (χ1v) is 8.84. The average Bonchev–Trinajstić information content (AvgIpc) is 2.55. The highest BCUT2D eigenvalue weighted by molar-refractivity contribution is 7.89. The van der Waals surface area contributed by atoms with E-state index in [0.717, 1.165) is 24.3 Å². The smallest absolute Gasteiger partial charge is 0.508 e. The van der Waals surface area contributed by atoms with Gasteiger partial charge < -0.3 is 14.9 Å². The Bertz CT molecular complexity index is 912. The number of nitrogens with one attached hydrogen (secondary N) is 1. The largest absolute Gasteiger partial charge is 0.573 e. The van der Waals surface area contributed by atoms with Crippen LogP contribution < -0.4 is 9.46 Å². The second kappa shape index (κ2) is 7.84. The monoisotopic (exact) mass is 405 g/mol. The van der Waals surface area contributed by atoms with Gasteiger partial charge in [-0.3, -0.25) is 4.79 Å². The summed E-state index contributed by atoms with van der Waals surface area (Å²) < 4.78 is 66.6. The Hall–Kier alpha value is -2.79. The van der Waals surface area contributed by atoms with E-state index < -0.39 is 39.0 Å². The fourth-order valence-corrected chi connectivity index (χ4v) is 3.35. The van der Waals surface area contributed by atoms with Crippen LogP contribution in [0.15, 0.2) is 53.4 Å². The summed E-state index contributed by atoms with van der Waals surface area (Å²) >= 11 is 0. The number of carboxylic acids is 1. The summed E-state index contributed by atoms with van der Waals surface area (Å²) in [6, 6.07) is 7.50. The van der Waals surface area contributed by atoms with Crippen LogP contribution in [0.5, 0.6) is 11.5 Å². The summed E-state index contributed by atoms with van der Waals surface area (Å²) in [6.07, 6.45) is -5.26. The third kappa shape index (κ3) is 5.86. The Labute approximate surface area is 152 Å². The maximum atomic E-state index is 12.3. The van der Waals surface area contributed by atoms with Crippen LogP contribution in [0.4, 0.5) is 13.2 Å². The van der Waals surface area contributed by atoms with Crippen LogP contribution in [0.1, 0.15) is 5.56 Å². The Morgan fingerprint density at radius 1 is 1.11 bits per heavy atom. The molecule has 27 heavy (non-hydrogen) atoms. The van der Waals surface area contributed by atoms with Crippen molar-refractivity contribution in [2.24, 2.45) is 0 Å². The molecule has 0 aromatic heterocycles. The summed E-state index contributed by atoms with van der Waals surface area (Å²) in [5.74, 6) is -2.30. The minimum Gasteiger partial charge on any atom is -0.508 e. The van der Waals surface area contributed by atoms with Crippen LogP contribution in [0.3, 0.4) is 0 Å². The van der Waals surface area contributed by atoms with Crippen molar-refractivity contribution >= 4 is 16.0 Å². The molecule has 0 radical (unpaired) electrons. The number of carbonyl (C=O) groups is 1. The lowest BCUT2D eigenvalue weighted by Crippen LogP contribution is -2.42. The Balaban J connectivity index is 2.19. The van der Waals surface area contributed by atoms with Gasteiger partial charge in [0.05, 0.1) is 4.90 Å². The van der Waals surface area contributed by atoms with Crippen molar-refractivity contribution in [1.29, 1.82) is 0 Å². The van der Waals surface area contributed by atoms with Crippen LogP contribution in [-0.2, 0) is 21.2 Å². The van der Waals surface area contributed by atoms with E-state index in [1.165, 1.54) is 18.2 Å². The zero-order valence-electron chi connectivity index (χ0n) is 13.5. The molecule has 146 valence electrons. The molecule has 0 amide bonds. The molecular weight excluding hydrogens is 391 g/mol. The van der Waals surface area contributed by atoms with E-state index in [4.69, 9.17) is 0 Å². The van der Waals surface area contributed by atoms with Crippen molar-refractivity contribution in [3.63, 3.8) is 0 Å². The highest BCUT2D eigenvalue weighted by Gasteiger charge is 2.31. The maximum absolute atomic E-state index is 12.3. The fraction of sp³-hybridized carbons (Fsp3) is 0.188. The summed E-state index contributed by atoms with van der Waals surface area (Å²) in [7, 11) is -4.35. The number of halogens is 3. The van der Waals surface area contributed by atoms with E-state index in [1.807, 2.05) is 4.72 Å². The summed E-state index contributed by atoms with van der Waals surface area (Å²) in [5, 5.41) is 19.0. The first kappa shape index (κ1) is 20.5. The minimum absolute atomic E-state index is 0.198. The molecular formula is C16H14F3NO6S. The van der Waals surface area contributed by atoms with Crippen molar-refractivity contribution in [2.45, 2.75) is 23.7 Å². The molecule has 2 aromatic carbocycles. The number of phenolic OH excluding ortho intramolecular Hbond substituents is 1. The maximum Gasteiger partial charge on any atom is 0.573 e. The molecule has 3 N–H and O–H groups in total. The molecule has 7 nitrogen and oxygen atoms in total. The number of phenols is 1. The van der Waals surface area contributed by atoms with Crippen molar-refractivity contribution in [3.8, 4) is 11.5 Å². The summed E-state index contributed by atoms with van der Waals surface area (Å²) in [5.41, 5.74) is 0.210. The molecule has 0 aliphatic carbocycles. The van der Waals surface area contributed by atoms with E-state index in [2.05, 4.69) is 4.74 Å². The van der Waals surface area contributed by atoms with E-state index in [-0.39, 0.29) is 17.7 Å². The van der Waals surface area contributed by atoms with Crippen molar-refractivity contribution in [3.05, 3.63) is 54.1 Å². The molecule has 0 fully saturated rings. The predicted octanol–water partition coefficient (Wildman–Crippen LogP) is 2.27. The molecule has 1 atom stereocenters. The Kier molecular flexibility index (Phi) is 5.96. The number of aliphatic carboxylic acids is 1. The topological polar surface area (TPSA) is 113 Å². The number of alkyl halides is 3. The molecule has 0 saturated heterocycles. The van der Waals surface area contributed by atoms with Gasteiger partial charge in [0, 0.05) is 6.42 Å². The van der Waals surface area contributed by atoms with Crippen LogP contribution in [-0.4, -0.2) is 37.0 Å². The third-order valence-electron chi connectivity index (χ3n) is 3.38. The molecule has 1 unspecified atom stereocenters. The number of benzene rings is 2. The average molecular weight is 405 g/mol. The molecule has 0 saturated carbocycles. The van der Waals surface area contributed by atoms with Crippen LogP contribution in [0.2, 0.25) is 0 Å². The first-order chi connectivity index (χ1) is 12.5. The van der Waals surface area contributed by atoms with E-state index in [9.17, 15) is 36.6 Å². The van der Waals surface area contributed by atoms with Gasteiger partial charge in [0.15, 0.2) is 0 Å². The summed E-state index contributed by atoms with van der Waals surface area (Å²) in [4.78, 5) is 10.9. The van der Waals surface area contributed by atoms with Gasteiger partial charge in [-0.1, -0.05) is 18.2 Å². The molecule has 11 heteroatoms. The van der Waals surface area contributed by atoms with E-state index >= 15 is 0 Å². The Morgan fingerprint density at radius 2 is 1.70 bits per heavy atom. The van der Waals surface area contributed by atoms with Gasteiger partial charge in [-0.25, -0.2) is 8.42 Å². The van der Waals surface area contributed by atoms with Gasteiger partial charge >= 0.3 is 12.3 Å². The molecule has 0 aliphatic heterocycles. The second-order valence-electron chi connectivity index (χ2n) is 5.36. The zero-order chi connectivity index (χ0) is 20.2. The zero-order valence-corrected chi connectivity index (χ0v) is 14.3. The minimum atomic E-state index is -4.93.